The summed E-state index contributed by atoms with van der Waals surface area (Å²) in [6.07, 6.45) is 7.44. The van der Waals surface area contributed by atoms with Crippen LogP contribution in [0.1, 0.15) is 32.1 Å². The van der Waals surface area contributed by atoms with E-state index in [1.807, 2.05) is 0 Å². The van der Waals surface area contributed by atoms with E-state index in [2.05, 4.69) is 15.5 Å². The van der Waals surface area contributed by atoms with Crippen LogP contribution in [-0.2, 0) is 19.6 Å². The maximum absolute atomic E-state index is 11.4. The Hall–Kier alpha value is -0.880. The standard InChI is InChI=1S/C11H19NO4S/c1-16-11(13)9-17(14,15)12-8-7-10-5-3-2-4-6-10/h5,12H,2-4,6-9H2,1H3. The summed E-state index contributed by atoms with van der Waals surface area (Å²) in [6.45, 7) is 0.352. The monoisotopic (exact) mass is 261 g/mol. The molecule has 0 saturated heterocycles. The highest BCUT2D eigenvalue weighted by Crippen LogP contribution is 2.19. The van der Waals surface area contributed by atoms with E-state index in [4.69, 9.17) is 0 Å². The molecule has 0 atom stereocenters. The summed E-state index contributed by atoms with van der Waals surface area (Å²) >= 11 is 0. The van der Waals surface area contributed by atoms with Crippen LogP contribution in [0.5, 0.6) is 0 Å². The minimum absolute atomic E-state index is 0.352. The van der Waals surface area contributed by atoms with Crippen molar-refractivity contribution < 1.29 is 17.9 Å². The minimum Gasteiger partial charge on any atom is -0.468 e. The van der Waals surface area contributed by atoms with Gasteiger partial charge in [-0.15, -0.1) is 0 Å². The van der Waals surface area contributed by atoms with Crippen LogP contribution in [-0.4, -0.2) is 33.8 Å². The summed E-state index contributed by atoms with van der Waals surface area (Å²) in [7, 11) is -2.37. The van der Waals surface area contributed by atoms with Crippen molar-refractivity contribution in [1.82, 2.24) is 4.72 Å². The van der Waals surface area contributed by atoms with Gasteiger partial charge in [-0.05, 0) is 32.1 Å². The number of nitrogens with one attached hydrogen (secondary N) is 1. The number of carbonyl (C=O) groups is 1. The molecular weight excluding hydrogens is 242 g/mol. The summed E-state index contributed by atoms with van der Waals surface area (Å²) in [4.78, 5) is 10.8. The van der Waals surface area contributed by atoms with Crippen LogP contribution in [0.3, 0.4) is 0 Å². The van der Waals surface area contributed by atoms with Crippen molar-refractivity contribution in [2.75, 3.05) is 19.4 Å². The van der Waals surface area contributed by atoms with Gasteiger partial charge in [0.15, 0.2) is 5.75 Å². The summed E-state index contributed by atoms with van der Waals surface area (Å²) < 4.78 is 29.5. The van der Waals surface area contributed by atoms with Crippen LogP contribution in [0.2, 0.25) is 0 Å². The van der Waals surface area contributed by atoms with E-state index >= 15 is 0 Å². The number of carbonyl (C=O) groups excluding carboxylic acids is 1. The van der Waals surface area contributed by atoms with Gasteiger partial charge in [-0.25, -0.2) is 13.1 Å². The van der Waals surface area contributed by atoms with Gasteiger partial charge >= 0.3 is 5.97 Å². The quantitative estimate of drug-likeness (QED) is 0.571. The van der Waals surface area contributed by atoms with Crippen molar-refractivity contribution >= 4 is 16.0 Å². The molecule has 17 heavy (non-hydrogen) atoms. The van der Waals surface area contributed by atoms with Crippen LogP contribution in [0, 0.1) is 0 Å². The van der Waals surface area contributed by atoms with E-state index in [9.17, 15) is 13.2 Å². The molecule has 5 nitrogen and oxygen atoms in total. The molecule has 0 saturated carbocycles. The zero-order chi connectivity index (χ0) is 12.7. The minimum atomic E-state index is -3.55. The summed E-state index contributed by atoms with van der Waals surface area (Å²) in [5, 5.41) is 0. The molecule has 0 aromatic carbocycles. The van der Waals surface area contributed by atoms with E-state index in [-0.39, 0.29) is 0 Å². The molecular formula is C11H19NO4S. The van der Waals surface area contributed by atoms with E-state index in [0.29, 0.717) is 6.54 Å². The van der Waals surface area contributed by atoms with Gasteiger partial charge in [0.2, 0.25) is 10.0 Å². The molecule has 0 unspecified atom stereocenters. The number of methoxy groups -OCH3 is 1. The maximum atomic E-state index is 11.4. The highest BCUT2D eigenvalue weighted by atomic mass is 32.2. The molecule has 6 heteroatoms. The largest absolute Gasteiger partial charge is 0.468 e. The van der Waals surface area contributed by atoms with E-state index in [0.717, 1.165) is 19.3 Å². The van der Waals surface area contributed by atoms with Crippen molar-refractivity contribution in [3.8, 4) is 0 Å². The van der Waals surface area contributed by atoms with Crippen LogP contribution in [0.4, 0.5) is 0 Å². The highest BCUT2D eigenvalue weighted by Gasteiger charge is 2.16. The third-order valence-electron chi connectivity index (χ3n) is 2.69. The first-order chi connectivity index (χ1) is 8.03. The molecule has 1 N–H and O–H groups in total. The number of esters is 1. The summed E-state index contributed by atoms with van der Waals surface area (Å²) in [5.41, 5.74) is 1.30. The van der Waals surface area contributed by atoms with Gasteiger partial charge in [-0.2, -0.15) is 0 Å². The van der Waals surface area contributed by atoms with E-state index in [1.165, 1.54) is 25.5 Å². The van der Waals surface area contributed by atoms with Crippen LogP contribution < -0.4 is 4.72 Å². The summed E-state index contributed by atoms with van der Waals surface area (Å²) in [6, 6.07) is 0. The van der Waals surface area contributed by atoms with Crippen LogP contribution >= 0.6 is 0 Å². The Morgan fingerprint density at radius 2 is 2.24 bits per heavy atom. The molecule has 1 aliphatic rings. The lowest BCUT2D eigenvalue weighted by atomic mass is 9.97. The predicted molar refractivity (Wildman–Crippen MR) is 65.0 cm³/mol. The smallest absolute Gasteiger partial charge is 0.322 e. The molecule has 98 valence electrons. The molecule has 0 bridgehead atoms. The van der Waals surface area contributed by atoms with Crippen molar-refractivity contribution in [3.05, 3.63) is 11.6 Å². The Kier molecular flexibility index (Phi) is 5.64. The van der Waals surface area contributed by atoms with Gasteiger partial charge in [-0.3, -0.25) is 4.79 Å². The van der Waals surface area contributed by atoms with Crippen molar-refractivity contribution in [3.63, 3.8) is 0 Å². The first-order valence-corrected chi connectivity index (χ1v) is 7.41. The zero-order valence-electron chi connectivity index (χ0n) is 10.1. The molecule has 0 amide bonds. The average Bonchev–Trinajstić information content (AvgIpc) is 2.29. The van der Waals surface area contributed by atoms with Gasteiger partial charge < -0.3 is 4.74 Å². The fourth-order valence-corrected chi connectivity index (χ4v) is 2.71. The van der Waals surface area contributed by atoms with Gasteiger partial charge in [0, 0.05) is 6.54 Å². The fraction of sp³-hybridized carbons (Fsp3) is 0.727. The lowest BCUT2D eigenvalue weighted by molar-refractivity contribution is -0.137. The molecule has 0 spiro atoms. The SMILES string of the molecule is COC(=O)CS(=O)(=O)NCCC1=CCCCC1. The topological polar surface area (TPSA) is 72.5 Å². The molecule has 1 aliphatic carbocycles. The Labute approximate surface area is 102 Å². The van der Waals surface area contributed by atoms with Gasteiger partial charge in [0.1, 0.15) is 0 Å². The Balaban J connectivity index is 2.29. The second kappa shape index (κ2) is 6.76. The molecule has 0 fully saturated rings. The number of allylic oxidation sites excluding steroid dienone is 1. The Morgan fingerprint density at radius 3 is 2.82 bits per heavy atom. The van der Waals surface area contributed by atoms with E-state index in [1.54, 1.807) is 0 Å². The Bertz CT molecular complexity index is 386. The highest BCUT2D eigenvalue weighted by molar-refractivity contribution is 7.90. The fourth-order valence-electron chi connectivity index (χ4n) is 1.76. The van der Waals surface area contributed by atoms with Crippen molar-refractivity contribution in [2.45, 2.75) is 32.1 Å². The number of rotatable bonds is 6. The molecule has 0 aliphatic heterocycles. The molecule has 0 aromatic rings. The Morgan fingerprint density at radius 1 is 1.47 bits per heavy atom. The molecule has 0 aromatic heterocycles. The lowest BCUT2D eigenvalue weighted by Crippen LogP contribution is -2.31. The first-order valence-electron chi connectivity index (χ1n) is 5.75. The average molecular weight is 261 g/mol. The van der Waals surface area contributed by atoms with Gasteiger partial charge in [0.25, 0.3) is 0 Å². The molecule has 0 radical (unpaired) electrons. The maximum Gasteiger partial charge on any atom is 0.322 e. The number of hydrogen-bond acceptors (Lipinski definition) is 4. The number of ether oxygens (including phenoxy) is 1. The predicted octanol–water partition coefficient (Wildman–Crippen LogP) is 0.969. The lowest BCUT2D eigenvalue weighted by Gasteiger charge is -2.12. The summed E-state index contributed by atoms with van der Waals surface area (Å²) in [5.74, 6) is -1.35. The van der Waals surface area contributed by atoms with Crippen molar-refractivity contribution in [1.29, 1.82) is 0 Å². The van der Waals surface area contributed by atoms with Gasteiger partial charge in [-0.1, -0.05) is 11.6 Å². The van der Waals surface area contributed by atoms with Crippen LogP contribution in [0.15, 0.2) is 11.6 Å². The van der Waals surface area contributed by atoms with Crippen molar-refractivity contribution in [2.24, 2.45) is 0 Å². The molecule has 0 heterocycles. The third kappa shape index (κ3) is 5.83. The third-order valence-corrected chi connectivity index (χ3v) is 3.95. The van der Waals surface area contributed by atoms with E-state index < -0.39 is 21.7 Å². The van der Waals surface area contributed by atoms with Crippen LogP contribution in [0.25, 0.3) is 0 Å². The van der Waals surface area contributed by atoms with Gasteiger partial charge in [0.05, 0.1) is 7.11 Å². The number of sulfonamides is 1. The second-order valence-corrected chi connectivity index (χ2v) is 5.89. The normalized spacial score (nSPS) is 16.4. The molecule has 1 rings (SSSR count). The second-order valence-electron chi connectivity index (χ2n) is 4.09. The number of hydrogen-bond donors (Lipinski definition) is 1. The zero-order valence-corrected chi connectivity index (χ0v) is 10.9. The first kappa shape index (κ1) is 14.2.